The van der Waals surface area contributed by atoms with Gasteiger partial charge in [-0.2, -0.15) is 5.10 Å². The minimum Gasteiger partial charge on any atom is -0.469 e. The number of ether oxygens (including phenoxy) is 1. The summed E-state index contributed by atoms with van der Waals surface area (Å²) in [5.74, 6) is 1.21. The van der Waals surface area contributed by atoms with E-state index in [4.69, 9.17) is 10.1 Å². The van der Waals surface area contributed by atoms with Crippen LogP contribution in [0.5, 0.6) is 0 Å². The van der Waals surface area contributed by atoms with Gasteiger partial charge in [-0.25, -0.2) is 23.1 Å². The van der Waals surface area contributed by atoms with Crippen LogP contribution in [0.1, 0.15) is 102 Å². The molecule has 0 unspecified atom stereocenters. The van der Waals surface area contributed by atoms with Crippen LogP contribution < -0.4 is 14.9 Å². The standard InChI is InChI=1S/C45H51N7O6S2/c1-28-35(25-46-52(28)27-45-22-29-19-30(23-45)21-31(20-29)24-45)33-14-15-39(48-41(33)43(55)50-60(56,57)18-7-3-4-13-40(53)58-2)51-17-16-32-9-8-10-34(36(32)26-51)42(54)49-44-47-37-11-5-6-12-38(37)59-44/h5-6,8-12,14-15,25,29-31H,3-4,7,13,16-24,26-27H2,1-2H3,(H,50,55)(H,47,49,54). The Balaban J connectivity index is 0.986. The number of aromatic nitrogens is 4. The molecular formula is C45H51N7O6S2. The van der Waals surface area contributed by atoms with Crippen molar-refractivity contribution in [3.8, 4) is 11.1 Å². The van der Waals surface area contributed by atoms with Crippen LogP contribution in [0.3, 0.4) is 0 Å². The molecule has 0 saturated heterocycles. The number of hydrogen-bond acceptors (Lipinski definition) is 11. The van der Waals surface area contributed by atoms with E-state index in [1.807, 2.05) is 66.4 Å². The minimum absolute atomic E-state index is 0.00752. The largest absolute Gasteiger partial charge is 0.469 e. The number of rotatable bonds is 14. The van der Waals surface area contributed by atoms with Crippen molar-refractivity contribution < 1.29 is 27.5 Å². The first-order chi connectivity index (χ1) is 28.9. The third-order valence-corrected chi connectivity index (χ3v) is 15.5. The number of carbonyl (C=O) groups is 3. The van der Waals surface area contributed by atoms with E-state index in [1.54, 1.807) is 6.20 Å². The minimum atomic E-state index is -4.04. The number of unbranched alkanes of at least 4 members (excludes halogenated alkanes) is 2. The normalized spacial score (nSPS) is 21.8. The average Bonchev–Trinajstić information content (AvgIpc) is 3.80. The molecule has 5 aromatic rings. The van der Waals surface area contributed by atoms with Gasteiger partial charge in [-0.05, 0) is 129 Å². The molecule has 5 aliphatic rings. The maximum atomic E-state index is 14.2. The second-order valence-electron chi connectivity index (χ2n) is 17.5. The molecule has 2 amide bonds. The van der Waals surface area contributed by atoms with Crippen LogP contribution in [0.25, 0.3) is 21.3 Å². The molecule has 314 valence electrons. The van der Waals surface area contributed by atoms with Gasteiger partial charge in [0.05, 0.1) is 29.3 Å². The molecule has 10 rings (SSSR count). The summed E-state index contributed by atoms with van der Waals surface area (Å²) >= 11 is 1.42. The van der Waals surface area contributed by atoms with Crippen molar-refractivity contribution in [1.82, 2.24) is 24.5 Å². The fraction of sp³-hybridized carbons (Fsp3) is 0.467. The number of fused-ring (bicyclic) bond motifs is 2. The Morgan fingerprint density at radius 3 is 2.42 bits per heavy atom. The van der Waals surface area contributed by atoms with Crippen molar-refractivity contribution >= 4 is 60.3 Å². The zero-order chi connectivity index (χ0) is 41.6. The second-order valence-corrected chi connectivity index (χ2v) is 20.3. The van der Waals surface area contributed by atoms with Crippen LogP contribution in [0.15, 0.2) is 60.8 Å². The lowest BCUT2D eigenvalue weighted by molar-refractivity contribution is -0.140. The van der Waals surface area contributed by atoms with Gasteiger partial charge in [0.15, 0.2) is 5.13 Å². The van der Waals surface area contributed by atoms with Crippen molar-refractivity contribution in [3.05, 3.63) is 88.9 Å². The maximum absolute atomic E-state index is 14.2. The highest BCUT2D eigenvalue weighted by Gasteiger charge is 2.51. The summed E-state index contributed by atoms with van der Waals surface area (Å²) < 4.78 is 36.7. The molecule has 4 aliphatic carbocycles. The van der Waals surface area contributed by atoms with Crippen molar-refractivity contribution in [2.24, 2.45) is 23.2 Å². The zero-order valence-corrected chi connectivity index (χ0v) is 35.7. The Morgan fingerprint density at radius 2 is 1.67 bits per heavy atom. The summed E-state index contributed by atoms with van der Waals surface area (Å²) in [6.07, 6.45) is 11.7. The summed E-state index contributed by atoms with van der Waals surface area (Å²) in [7, 11) is -2.71. The Hall–Kier alpha value is -5.15. The number of esters is 1. The molecule has 0 spiro atoms. The first kappa shape index (κ1) is 40.3. The number of nitrogens with one attached hydrogen (secondary N) is 2. The van der Waals surface area contributed by atoms with Gasteiger partial charge in [0, 0.05) is 48.4 Å². The maximum Gasteiger partial charge on any atom is 0.305 e. The van der Waals surface area contributed by atoms with Crippen molar-refractivity contribution in [1.29, 1.82) is 0 Å². The lowest BCUT2D eigenvalue weighted by atomic mass is 9.49. The number of thiazole rings is 1. The molecule has 4 heterocycles. The topological polar surface area (TPSA) is 165 Å². The number of benzene rings is 2. The fourth-order valence-electron chi connectivity index (χ4n) is 10.8. The van der Waals surface area contributed by atoms with E-state index in [-0.39, 0.29) is 41.6 Å². The molecule has 13 nitrogen and oxygen atoms in total. The number of sulfonamides is 1. The van der Waals surface area contributed by atoms with E-state index in [2.05, 4.69) is 24.4 Å². The summed E-state index contributed by atoms with van der Waals surface area (Å²) in [5, 5.41) is 8.40. The quantitative estimate of drug-likeness (QED) is 0.0836. The Kier molecular flexibility index (Phi) is 11.0. The van der Waals surface area contributed by atoms with E-state index in [0.29, 0.717) is 54.4 Å². The monoisotopic (exact) mass is 849 g/mol. The van der Waals surface area contributed by atoms with Crippen LogP contribution >= 0.6 is 11.3 Å². The number of para-hydroxylation sites is 1. The van der Waals surface area contributed by atoms with Crippen LogP contribution in [-0.2, 0) is 39.1 Å². The van der Waals surface area contributed by atoms with E-state index >= 15 is 0 Å². The molecule has 15 heteroatoms. The van der Waals surface area contributed by atoms with Gasteiger partial charge in [0.1, 0.15) is 11.5 Å². The third kappa shape index (κ3) is 8.30. The number of hydrogen-bond donors (Lipinski definition) is 2. The summed E-state index contributed by atoms with van der Waals surface area (Å²) in [6.45, 7) is 3.79. The second kappa shape index (κ2) is 16.4. The predicted octanol–water partition coefficient (Wildman–Crippen LogP) is 7.69. The smallest absolute Gasteiger partial charge is 0.305 e. The average molecular weight is 850 g/mol. The fourth-order valence-corrected chi connectivity index (χ4v) is 12.8. The Labute approximate surface area is 354 Å². The molecule has 3 aromatic heterocycles. The van der Waals surface area contributed by atoms with Gasteiger partial charge in [-0.3, -0.25) is 24.4 Å². The van der Waals surface area contributed by atoms with Gasteiger partial charge in [0.25, 0.3) is 11.8 Å². The van der Waals surface area contributed by atoms with Crippen LogP contribution in [0.4, 0.5) is 10.9 Å². The van der Waals surface area contributed by atoms with Gasteiger partial charge >= 0.3 is 5.97 Å². The van der Waals surface area contributed by atoms with E-state index in [1.165, 1.54) is 57.0 Å². The van der Waals surface area contributed by atoms with Gasteiger partial charge < -0.3 is 9.64 Å². The molecular weight excluding hydrogens is 799 g/mol. The van der Waals surface area contributed by atoms with E-state index in [0.717, 1.165) is 56.9 Å². The highest BCUT2D eigenvalue weighted by atomic mass is 32.2. The molecule has 1 aliphatic heterocycles. The molecule has 4 saturated carbocycles. The van der Waals surface area contributed by atoms with Crippen LogP contribution in [0.2, 0.25) is 0 Å². The molecule has 0 atom stereocenters. The SMILES string of the molecule is COC(=O)CCCCCS(=O)(=O)NC(=O)c1nc(N2CCc3cccc(C(=O)Nc4nc5ccccc5s4)c3C2)ccc1-c1cnn(CC23CC4CC(CC(C4)C2)C3)c1C. The van der Waals surface area contributed by atoms with Crippen molar-refractivity contribution in [3.63, 3.8) is 0 Å². The third-order valence-electron chi connectivity index (χ3n) is 13.3. The summed E-state index contributed by atoms with van der Waals surface area (Å²) in [6, 6.07) is 17.2. The highest BCUT2D eigenvalue weighted by Crippen LogP contribution is 2.60. The highest BCUT2D eigenvalue weighted by molar-refractivity contribution is 7.90. The molecule has 0 radical (unpaired) electrons. The Morgan fingerprint density at radius 1 is 0.900 bits per heavy atom. The molecule has 4 bridgehead atoms. The molecule has 4 fully saturated rings. The lowest BCUT2D eigenvalue weighted by Crippen LogP contribution is -2.48. The van der Waals surface area contributed by atoms with E-state index < -0.39 is 15.9 Å². The number of pyridine rings is 1. The van der Waals surface area contributed by atoms with Crippen molar-refractivity contribution in [2.45, 2.75) is 90.6 Å². The van der Waals surface area contributed by atoms with Gasteiger partial charge in [-0.15, -0.1) is 0 Å². The summed E-state index contributed by atoms with van der Waals surface area (Å²) in [5.41, 5.74) is 5.66. The molecule has 60 heavy (non-hydrogen) atoms. The number of carbonyl (C=O) groups excluding carboxylic acids is 3. The van der Waals surface area contributed by atoms with E-state index in [9.17, 15) is 22.8 Å². The predicted molar refractivity (Wildman–Crippen MR) is 231 cm³/mol. The van der Waals surface area contributed by atoms with Crippen LogP contribution in [0, 0.1) is 30.1 Å². The van der Waals surface area contributed by atoms with Gasteiger partial charge in [-0.1, -0.05) is 42.0 Å². The molecule has 2 N–H and O–H groups in total. The zero-order valence-electron chi connectivity index (χ0n) is 34.1. The van der Waals surface area contributed by atoms with Gasteiger partial charge in [0.2, 0.25) is 10.0 Å². The van der Waals surface area contributed by atoms with Crippen LogP contribution in [-0.4, -0.2) is 65.4 Å². The lowest BCUT2D eigenvalue weighted by Gasteiger charge is -2.56. The van der Waals surface area contributed by atoms with Crippen molar-refractivity contribution in [2.75, 3.05) is 29.6 Å². The first-order valence-corrected chi connectivity index (χ1v) is 23.6. The molecule has 2 aromatic carbocycles. The first-order valence-electron chi connectivity index (χ1n) is 21.1. The Bertz CT molecular complexity index is 2510. The number of nitrogens with zero attached hydrogens (tertiary/aromatic N) is 5. The number of anilines is 2. The number of amides is 2. The number of methoxy groups -OCH3 is 1. The summed E-state index contributed by atoms with van der Waals surface area (Å²) in [4.78, 5) is 51.0.